The molecule has 0 amide bonds. The van der Waals surface area contributed by atoms with Crippen LogP contribution in [0.15, 0.2) is 30.3 Å². The van der Waals surface area contributed by atoms with Gasteiger partial charge < -0.3 is 5.73 Å². The molecule has 17 heavy (non-hydrogen) atoms. The molecule has 1 nitrogen and oxygen atoms in total. The molecule has 94 valence electrons. The van der Waals surface area contributed by atoms with Crippen molar-refractivity contribution in [3.05, 3.63) is 35.9 Å². The third kappa shape index (κ3) is 3.85. The largest absolute Gasteiger partial charge is 0.325 e. The molecule has 0 heterocycles. The van der Waals surface area contributed by atoms with Crippen LogP contribution >= 0.6 is 0 Å². The lowest BCUT2D eigenvalue weighted by atomic mass is 9.74. The van der Waals surface area contributed by atoms with Crippen LogP contribution in [-0.2, 0) is 6.42 Å². The highest BCUT2D eigenvalue weighted by atomic mass is 14.7. The van der Waals surface area contributed by atoms with Gasteiger partial charge in [0.1, 0.15) is 0 Å². The summed E-state index contributed by atoms with van der Waals surface area (Å²) in [5.74, 6) is 0.825. The predicted octanol–water partition coefficient (Wildman–Crippen LogP) is 3.92. The molecule has 0 spiro atoms. The zero-order chi connectivity index (χ0) is 12.1. The van der Waals surface area contributed by atoms with Crippen molar-refractivity contribution in [2.75, 3.05) is 0 Å². The van der Waals surface area contributed by atoms with Gasteiger partial charge in [0.25, 0.3) is 0 Å². The summed E-state index contributed by atoms with van der Waals surface area (Å²) in [6, 6.07) is 10.8. The van der Waals surface area contributed by atoms with Gasteiger partial charge in [-0.2, -0.15) is 0 Å². The van der Waals surface area contributed by atoms with Crippen molar-refractivity contribution >= 4 is 0 Å². The molecule has 0 aromatic heterocycles. The van der Waals surface area contributed by atoms with Gasteiger partial charge in [0.15, 0.2) is 0 Å². The van der Waals surface area contributed by atoms with Gasteiger partial charge in [-0.05, 0) is 43.6 Å². The van der Waals surface area contributed by atoms with Crippen LogP contribution in [0, 0.1) is 5.92 Å². The first-order valence-corrected chi connectivity index (χ1v) is 7.01. The lowest BCUT2D eigenvalue weighted by molar-refractivity contribution is 0.220. The quantitative estimate of drug-likeness (QED) is 0.835. The molecule has 0 aliphatic heterocycles. The van der Waals surface area contributed by atoms with Crippen molar-refractivity contribution in [1.82, 2.24) is 0 Å². The van der Waals surface area contributed by atoms with Crippen LogP contribution in [0.4, 0.5) is 0 Å². The van der Waals surface area contributed by atoms with Gasteiger partial charge in [0, 0.05) is 5.54 Å². The maximum absolute atomic E-state index is 6.51. The van der Waals surface area contributed by atoms with Crippen molar-refractivity contribution in [2.24, 2.45) is 11.7 Å². The third-order valence-corrected chi connectivity index (χ3v) is 4.11. The minimum absolute atomic E-state index is 0.131. The van der Waals surface area contributed by atoms with Gasteiger partial charge in [0.05, 0.1) is 0 Å². The molecule has 2 unspecified atom stereocenters. The fourth-order valence-corrected chi connectivity index (χ4v) is 3.22. The first kappa shape index (κ1) is 12.6. The minimum atomic E-state index is 0.131. The molecule has 1 heteroatoms. The van der Waals surface area contributed by atoms with E-state index in [1.807, 2.05) is 0 Å². The molecule has 1 fully saturated rings. The van der Waals surface area contributed by atoms with Crippen molar-refractivity contribution in [3.8, 4) is 0 Å². The average Bonchev–Trinajstić information content (AvgIpc) is 2.30. The Balaban J connectivity index is 1.78. The van der Waals surface area contributed by atoms with Crippen LogP contribution in [0.3, 0.4) is 0 Å². The SMILES string of the molecule is CC1CCCC(N)(CCCc2ccccc2)C1. The predicted molar refractivity (Wildman–Crippen MR) is 73.9 cm³/mol. The molecule has 1 aromatic rings. The summed E-state index contributed by atoms with van der Waals surface area (Å²) in [5, 5.41) is 0. The van der Waals surface area contributed by atoms with Crippen LogP contribution in [0.5, 0.6) is 0 Å². The second-order valence-corrected chi connectivity index (χ2v) is 5.90. The smallest absolute Gasteiger partial charge is 0.0157 e. The van der Waals surface area contributed by atoms with Gasteiger partial charge in [-0.3, -0.25) is 0 Å². The van der Waals surface area contributed by atoms with Gasteiger partial charge in [-0.25, -0.2) is 0 Å². The molecule has 0 radical (unpaired) electrons. The van der Waals surface area contributed by atoms with E-state index in [2.05, 4.69) is 37.3 Å². The number of nitrogens with two attached hydrogens (primary N) is 1. The van der Waals surface area contributed by atoms with E-state index in [4.69, 9.17) is 5.73 Å². The van der Waals surface area contributed by atoms with Gasteiger partial charge >= 0.3 is 0 Å². The first-order chi connectivity index (χ1) is 8.18. The number of benzene rings is 1. The summed E-state index contributed by atoms with van der Waals surface area (Å²) >= 11 is 0. The van der Waals surface area contributed by atoms with E-state index in [-0.39, 0.29) is 5.54 Å². The molecule has 1 aromatic carbocycles. The van der Waals surface area contributed by atoms with Crippen molar-refractivity contribution in [1.29, 1.82) is 0 Å². The van der Waals surface area contributed by atoms with Crippen LogP contribution < -0.4 is 5.73 Å². The normalized spacial score (nSPS) is 29.2. The average molecular weight is 231 g/mol. The maximum atomic E-state index is 6.51. The Hall–Kier alpha value is -0.820. The van der Waals surface area contributed by atoms with E-state index in [9.17, 15) is 0 Å². The highest BCUT2D eigenvalue weighted by Crippen LogP contribution is 2.33. The molecule has 0 bridgehead atoms. The Morgan fingerprint density at radius 2 is 2.06 bits per heavy atom. The summed E-state index contributed by atoms with van der Waals surface area (Å²) in [6.45, 7) is 2.35. The summed E-state index contributed by atoms with van der Waals surface area (Å²) in [7, 11) is 0. The number of rotatable bonds is 4. The summed E-state index contributed by atoms with van der Waals surface area (Å²) in [5.41, 5.74) is 8.09. The lowest BCUT2D eigenvalue weighted by Gasteiger charge is -2.37. The summed E-state index contributed by atoms with van der Waals surface area (Å²) in [4.78, 5) is 0. The Labute approximate surface area is 105 Å². The van der Waals surface area contributed by atoms with Crippen LogP contribution in [-0.4, -0.2) is 5.54 Å². The van der Waals surface area contributed by atoms with Crippen molar-refractivity contribution < 1.29 is 0 Å². The Morgan fingerprint density at radius 1 is 1.29 bits per heavy atom. The molecular weight excluding hydrogens is 206 g/mol. The Kier molecular flexibility index (Phi) is 4.22. The molecule has 1 aliphatic rings. The Bertz CT molecular complexity index is 333. The van der Waals surface area contributed by atoms with E-state index < -0.39 is 0 Å². The molecule has 2 rings (SSSR count). The van der Waals surface area contributed by atoms with E-state index in [0.717, 1.165) is 5.92 Å². The van der Waals surface area contributed by atoms with E-state index >= 15 is 0 Å². The minimum Gasteiger partial charge on any atom is -0.325 e. The van der Waals surface area contributed by atoms with Crippen molar-refractivity contribution in [3.63, 3.8) is 0 Å². The van der Waals surface area contributed by atoms with Crippen molar-refractivity contribution in [2.45, 2.75) is 57.4 Å². The zero-order valence-electron chi connectivity index (χ0n) is 11.0. The fourth-order valence-electron chi connectivity index (χ4n) is 3.22. The molecule has 1 aliphatic carbocycles. The zero-order valence-corrected chi connectivity index (χ0v) is 11.0. The van der Waals surface area contributed by atoms with E-state index in [1.165, 1.54) is 50.5 Å². The van der Waals surface area contributed by atoms with E-state index in [0.29, 0.717) is 0 Å². The summed E-state index contributed by atoms with van der Waals surface area (Å²) in [6.07, 6.45) is 8.74. The van der Waals surface area contributed by atoms with Gasteiger partial charge in [-0.15, -0.1) is 0 Å². The first-order valence-electron chi connectivity index (χ1n) is 7.01. The highest BCUT2D eigenvalue weighted by Gasteiger charge is 2.30. The van der Waals surface area contributed by atoms with Crippen LogP contribution in [0.1, 0.15) is 51.0 Å². The van der Waals surface area contributed by atoms with Crippen LogP contribution in [0.2, 0.25) is 0 Å². The van der Waals surface area contributed by atoms with Gasteiger partial charge in [0.2, 0.25) is 0 Å². The molecular formula is C16H25N. The highest BCUT2D eigenvalue weighted by molar-refractivity contribution is 5.14. The fraction of sp³-hybridized carbons (Fsp3) is 0.625. The lowest BCUT2D eigenvalue weighted by Crippen LogP contribution is -2.43. The number of hydrogen-bond acceptors (Lipinski definition) is 1. The standard InChI is InChI=1S/C16H25N/c1-14-7-5-11-16(17,13-14)12-6-10-15-8-3-2-4-9-15/h2-4,8-9,14H,5-7,10-13,17H2,1H3. The van der Waals surface area contributed by atoms with E-state index in [1.54, 1.807) is 0 Å². The number of hydrogen-bond donors (Lipinski definition) is 1. The molecule has 1 saturated carbocycles. The maximum Gasteiger partial charge on any atom is 0.0157 e. The Morgan fingerprint density at radius 3 is 2.76 bits per heavy atom. The molecule has 2 N–H and O–H groups in total. The van der Waals surface area contributed by atoms with Crippen LogP contribution in [0.25, 0.3) is 0 Å². The molecule has 0 saturated heterocycles. The molecule has 2 atom stereocenters. The van der Waals surface area contributed by atoms with Gasteiger partial charge in [-0.1, -0.05) is 50.1 Å². The second kappa shape index (κ2) is 5.68. The number of aryl methyl sites for hydroxylation is 1. The monoisotopic (exact) mass is 231 g/mol. The summed E-state index contributed by atoms with van der Waals surface area (Å²) < 4.78 is 0. The topological polar surface area (TPSA) is 26.0 Å². The second-order valence-electron chi connectivity index (χ2n) is 5.90. The third-order valence-electron chi connectivity index (χ3n) is 4.11.